The minimum Gasteiger partial charge on any atom is -0.493 e. The highest BCUT2D eigenvalue weighted by Gasteiger charge is 2.34. The van der Waals surface area contributed by atoms with Crippen LogP contribution in [0.3, 0.4) is 0 Å². The molecule has 0 bridgehead atoms. The van der Waals surface area contributed by atoms with Crippen molar-refractivity contribution in [2.75, 3.05) is 13.7 Å². The molecule has 1 atom stereocenters. The van der Waals surface area contributed by atoms with Crippen molar-refractivity contribution in [3.63, 3.8) is 0 Å². The Balaban J connectivity index is 1.51. The van der Waals surface area contributed by atoms with E-state index in [1.54, 1.807) is 51.3 Å². The van der Waals surface area contributed by atoms with Crippen LogP contribution in [0.4, 0.5) is 5.69 Å². The maximum Gasteiger partial charge on any atom is 0.338 e. The van der Waals surface area contributed by atoms with Gasteiger partial charge in [-0.1, -0.05) is 23.5 Å². The normalized spacial score (nSPS) is 14.4. The molecule has 0 fully saturated rings. The number of nitrogens with zero attached hydrogens (tertiary/aromatic N) is 3. The lowest BCUT2D eigenvalue weighted by molar-refractivity contribution is -0.384. The van der Waals surface area contributed by atoms with Gasteiger partial charge in [-0.15, -0.1) is 0 Å². The van der Waals surface area contributed by atoms with E-state index in [0.717, 1.165) is 14.7 Å². The lowest BCUT2D eigenvalue weighted by Gasteiger charge is -2.25. The molecule has 4 aromatic rings. The molecular formula is C34H32IN3O8S. The maximum absolute atomic E-state index is 14.1. The van der Waals surface area contributed by atoms with Gasteiger partial charge < -0.3 is 18.9 Å². The van der Waals surface area contributed by atoms with Crippen molar-refractivity contribution in [3.05, 3.63) is 122 Å². The molecule has 47 heavy (non-hydrogen) atoms. The Morgan fingerprint density at radius 1 is 1.11 bits per heavy atom. The van der Waals surface area contributed by atoms with E-state index in [1.165, 1.54) is 28.0 Å². The summed E-state index contributed by atoms with van der Waals surface area (Å²) in [7, 11) is 1.54. The number of non-ortho nitro benzene ring substituents is 1. The van der Waals surface area contributed by atoms with Crippen LogP contribution < -0.4 is 29.1 Å². The van der Waals surface area contributed by atoms with Crippen LogP contribution >= 0.6 is 33.9 Å². The number of ether oxygens (including phenoxy) is 4. The van der Waals surface area contributed by atoms with Crippen molar-refractivity contribution in [1.29, 1.82) is 0 Å². The van der Waals surface area contributed by atoms with Crippen molar-refractivity contribution in [2.45, 2.75) is 46.4 Å². The van der Waals surface area contributed by atoms with Crippen LogP contribution in [0.25, 0.3) is 6.08 Å². The second kappa shape index (κ2) is 14.5. The summed E-state index contributed by atoms with van der Waals surface area (Å²) < 4.78 is 25.7. The first-order chi connectivity index (χ1) is 22.5. The molecule has 244 valence electrons. The number of halogens is 1. The fourth-order valence-electron chi connectivity index (χ4n) is 5.06. The summed E-state index contributed by atoms with van der Waals surface area (Å²) >= 11 is 3.40. The van der Waals surface area contributed by atoms with Gasteiger partial charge in [-0.2, -0.15) is 0 Å². The van der Waals surface area contributed by atoms with Gasteiger partial charge in [0.1, 0.15) is 12.4 Å². The minimum atomic E-state index is -0.801. The first-order valence-corrected chi connectivity index (χ1v) is 16.6. The Hall–Kier alpha value is -4.50. The van der Waals surface area contributed by atoms with Crippen molar-refractivity contribution in [1.82, 2.24) is 4.57 Å². The molecule has 11 nitrogen and oxygen atoms in total. The summed E-state index contributed by atoms with van der Waals surface area (Å²) in [6, 6.07) is 16.3. The molecule has 5 rings (SSSR count). The number of hydrogen-bond acceptors (Lipinski definition) is 10. The van der Waals surface area contributed by atoms with Gasteiger partial charge in [-0.3, -0.25) is 19.5 Å². The first kappa shape index (κ1) is 33.9. The number of carbonyl (C=O) groups excluding carboxylic acids is 1. The van der Waals surface area contributed by atoms with Crippen LogP contribution in [-0.2, 0) is 16.1 Å². The number of fused-ring (bicyclic) bond motifs is 1. The summed E-state index contributed by atoms with van der Waals surface area (Å²) in [6.07, 6.45) is 1.70. The third-order valence-electron chi connectivity index (χ3n) is 7.18. The second-order valence-electron chi connectivity index (χ2n) is 10.8. The molecule has 0 spiro atoms. The average Bonchev–Trinajstić information content (AvgIpc) is 3.33. The molecule has 0 aliphatic carbocycles. The number of rotatable bonds is 11. The van der Waals surface area contributed by atoms with Gasteiger partial charge in [-0.25, -0.2) is 9.79 Å². The zero-order valence-corrected chi connectivity index (χ0v) is 29.3. The van der Waals surface area contributed by atoms with Crippen LogP contribution in [0.2, 0.25) is 0 Å². The van der Waals surface area contributed by atoms with Gasteiger partial charge in [-0.05, 0) is 109 Å². The molecule has 0 amide bonds. The smallest absolute Gasteiger partial charge is 0.338 e. The predicted molar refractivity (Wildman–Crippen MR) is 186 cm³/mol. The standard InChI is InChI=1S/C34H32IN3O8S/c1-6-44-33(40)30-20(4)36-34-37(31(30)23-10-14-27(46-19(2)3)28(17-23)43-5)32(39)29(47-34)16-22-9-13-26(25(35)15-22)45-18-21-7-11-24(12-8-21)38(41)42/h7-17,19,31H,6,18H2,1-5H3/b29-16-/t31-/m1/s1. The summed E-state index contributed by atoms with van der Waals surface area (Å²) in [4.78, 5) is 42.9. The topological polar surface area (TPSA) is 131 Å². The summed E-state index contributed by atoms with van der Waals surface area (Å²) in [5.74, 6) is 1.11. The SMILES string of the molecule is CCOC(=O)C1=C(C)N=c2s/c(=C\c3ccc(OCc4ccc([N+](=O)[O-])cc4)c(I)c3)c(=O)n2[C@@H]1c1ccc(OC(C)C)c(OC)c1. The van der Waals surface area contributed by atoms with Gasteiger partial charge >= 0.3 is 5.97 Å². The van der Waals surface area contributed by atoms with E-state index < -0.39 is 16.9 Å². The lowest BCUT2D eigenvalue weighted by atomic mass is 9.95. The van der Waals surface area contributed by atoms with Crippen molar-refractivity contribution in [3.8, 4) is 17.2 Å². The van der Waals surface area contributed by atoms with Gasteiger partial charge in [0.15, 0.2) is 16.3 Å². The highest BCUT2D eigenvalue weighted by atomic mass is 127. The number of benzene rings is 3. The molecule has 13 heteroatoms. The van der Waals surface area contributed by atoms with E-state index in [0.29, 0.717) is 37.8 Å². The number of nitro groups is 1. The first-order valence-electron chi connectivity index (χ1n) is 14.7. The molecule has 0 saturated heterocycles. The van der Waals surface area contributed by atoms with Crippen LogP contribution in [0.5, 0.6) is 17.2 Å². The number of hydrogen-bond donors (Lipinski definition) is 0. The largest absolute Gasteiger partial charge is 0.493 e. The third kappa shape index (κ3) is 7.41. The van der Waals surface area contributed by atoms with Crippen molar-refractivity contribution >= 4 is 51.7 Å². The van der Waals surface area contributed by atoms with Crippen molar-refractivity contribution < 1.29 is 28.7 Å². The molecule has 0 radical (unpaired) electrons. The summed E-state index contributed by atoms with van der Waals surface area (Å²) in [5.41, 5.74) is 2.67. The van der Waals surface area contributed by atoms with Gasteiger partial charge in [0.25, 0.3) is 11.2 Å². The fourth-order valence-corrected chi connectivity index (χ4v) is 6.80. The molecule has 3 aromatic carbocycles. The fraction of sp³-hybridized carbons (Fsp3) is 0.265. The van der Waals surface area contributed by atoms with E-state index >= 15 is 0 Å². The lowest BCUT2D eigenvalue weighted by Crippen LogP contribution is -2.40. The molecule has 0 unspecified atom stereocenters. The van der Waals surface area contributed by atoms with Gasteiger partial charge in [0, 0.05) is 12.1 Å². The van der Waals surface area contributed by atoms with Crippen molar-refractivity contribution in [2.24, 2.45) is 4.99 Å². The highest BCUT2D eigenvalue weighted by molar-refractivity contribution is 14.1. The highest BCUT2D eigenvalue weighted by Crippen LogP contribution is 2.36. The number of carbonyl (C=O) groups is 1. The molecule has 2 heterocycles. The number of nitro benzene ring substituents is 1. The van der Waals surface area contributed by atoms with E-state index in [2.05, 4.69) is 27.6 Å². The number of thiazole rings is 1. The second-order valence-corrected chi connectivity index (χ2v) is 13.0. The van der Waals surface area contributed by atoms with E-state index in [9.17, 15) is 19.7 Å². The maximum atomic E-state index is 14.1. The molecule has 1 aromatic heterocycles. The number of methoxy groups -OCH3 is 1. The summed E-state index contributed by atoms with van der Waals surface area (Å²) in [6.45, 7) is 7.71. The van der Waals surface area contributed by atoms with Crippen LogP contribution in [-0.4, -0.2) is 35.3 Å². The predicted octanol–water partition coefficient (Wildman–Crippen LogP) is 5.69. The molecule has 1 aliphatic heterocycles. The molecule has 0 N–H and O–H groups in total. The monoisotopic (exact) mass is 769 g/mol. The third-order valence-corrected chi connectivity index (χ3v) is 9.00. The minimum absolute atomic E-state index is 0.0189. The number of aromatic nitrogens is 1. The Labute approximate surface area is 288 Å². The average molecular weight is 770 g/mol. The van der Waals surface area contributed by atoms with Crippen LogP contribution in [0.15, 0.2) is 81.7 Å². The molecule has 1 aliphatic rings. The van der Waals surface area contributed by atoms with Gasteiger partial charge in [0.2, 0.25) is 0 Å². The Morgan fingerprint density at radius 3 is 2.47 bits per heavy atom. The van der Waals surface area contributed by atoms with Crippen LogP contribution in [0.1, 0.15) is 50.4 Å². The van der Waals surface area contributed by atoms with Crippen LogP contribution in [0, 0.1) is 13.7 Å². The Bertz CT molecular complexity index is 2050. The quantitative estimate of drug-likeness (QED) is 0.0824. The van der Waals surface area contributed by atoms with Gasteiger partial charge in [0.05, 0.1) is 50.2 Å². The zero-order chi connectivity index (χ0) is 33.8. The summed E-state index contributed by atoms with van der Waals surface area (Å²) in [5, 5.41) is 10.9. The Kier molecular flexibility index (Phi) is 10.4. The van der Waals surface area contributed by atoms with E-state index in [-0.39, 0.29) is 36.1 Å². The Morgan fingerprint density at radius 2 is 1.83 bits per heavy atom. The number of esters is 1. The van der Waals surface area contributed by atoms with E-state index in [1.807, 2.05) is 38.1 Å². The molecular weight excluding hydrogens is 737 g/mol. The zero-order valence-electron chi connectivity index (χ0n) is 26.3. The number of allylic oxidation sites excluding steroid dienone is 1. The molecule has 0 saturated carbocycles. The van der Waals surface area contributed by atoms with E-state index in [4.69, 9.17) is 18.9 Å².